The molecule has 0 aromatic heterocycles. The van der Waals surface area contributed by atoms with E-state index in [0.717, 1.165) is 0 Å². The Morgan fingerprint density at radius 1 is 1.17 bits per heavy atom. The Morgan fingerprint density at radius 3 is 2.17 bits per heavy atom. The molecular weight excluding hydrogens is 280 g/mol. The van der Waals surface area contributed by atoms with Gasteiger partial charge < -0.3 is 9.81 Å². The number of rotatable bonds is 4. The van der Waals surface area contributed by atoms with E-state index in [0.29, 0.717) is 22.5 Å². The van der Waals surface area contributed by atoms with Crippen LogP contribution in [0.1, 0.15) is 25.0 Å². The number of aryl methyl sites for hydroxylation is 2. The van der Waals surface area contributed by atoms with Crippen LogP contribution >= 0.6 is 12.0 Å². The lowest BCUT2D eigenvalue weighted by atomic mass is 10.2. The molecule has 1 aromatic carbocycles. The van der Waals surface area contributed by atoms with Crippen molar-refractivity contribution in [1.82, 2.24) is 0 Å². The van der Waals surface area contributed by atoms with Gasteiger partial charge in [0.1, 0.15) is 10.1 Å². The van der Waals surface area contributed by atoms with E-state index in [1.807, 2.05) is 13.8 Å². The zero-order valence-electron chi connectivity index (χ0n) is 10.4. The summed E-state index contributed by atoms with van der Waals surface area (Å²) in [5, 5.41) is 12.8. The summed E-state index contributed by atoms with van der Waals surface area (Å²) in [4.78, 5) is 0.221. The van der Waals surface area contributed by atoms with E-state index in [9.17, 15) is 18.2 Å². The van der Waals surface area contributed by atoms with E-state index in [4.69, 9.17) is 0 Å². The van der Waals surface area contributed by atoms with Crippen molar-refractivity contribution in [3.05, 3.63) is 23.3 Å². The normalized spacial score (nSPS) is 10.8. The van der Waals surface area contributed by atoms with Gasteiger partial charge in [0, 0.05) is 4.90 Å². The van der Waals surface area contributed by atoms with E-state index in [2.05, 4.69) is 9.37 Å². The minimum atomic E-state index is -4.49. The molecule has 18 heavy (non-hydrogen) atoms. The lowest BCUT2D eigenvalue weighted by Gasteiger charge is -2.14. The third kappa shape index (κ3) is 4.92. The van der Waals surface area contributed by atoms with Gasteiger partial charge in [-0.2, -0.15) is 4.33 Å². The molecule has 0 bridgehead atoms. The van der Waals surface area contributed by atoms with Crippen molar-refractivity contribution in [2.75, 3.05) is 0 Å². The zero-order chi connectivity index (χ0) is 14.3. The van der Waals surface area contributed by atoms with Gasteiger partial charge in [-0.1, -0.05) is 13.8 Å². The van der Waals surface area contributed by atoms with Crippen molar-refractivity contribution in [2.45, 2.75) is 37.5 Å². The molecular formula is C10H14O6S2-2. The highest BCUT2D eigenvalue weighted by Crippen LogP contribution is 2.28. The molecule has 1 aromatic rings. The molecule has 0 aliphatic carbocycles. The minimum absolute atomic E-state index is 0.280. The first-order valence-corrected chi connectivity index (χ1v) is 7.21. The van der Waals surface area contributed by atoms with Gasteiger partial charge in [0.25, 0.3) is 0 Å². The van der Waals surface area contributed by atoms with Crippen LogP contribution in [0.4, 0.5) is 0 Å². The van der Waals surface area contributed by atoms with Gasteiger partial charge in [-0.15, -0.1) is 0 Å². The summed E-state index contributed by atoms with van der Waals surface area (Å²) in [5.41, 5.74) is 0.791. The predicted octanol–water partition coefficient (Wildman–Crippen LogP) is 1.46. The maximum Gasteiger partial charge on any atom is 0.124 e. The van der Waals surface area contributed by atoms with Crippen LogP contribution in [0.25, 0.3) is 0 Å². The number of hydrogen-bond acceptors (Lipinski definition) is 7. The Kier molecular flexibility index (Phi) is 7.45. The van der Waals surface area contributed by atoms with Gasteiger partial charge in [-0.3, -0.25) is 5.04 Å². The second-order valence-electron chi connectivity index (χ2n) is 3.06. The van der Waals surface area contributed by atoms with Gasteiger partial charge in [0.2, 0.25) is 0 Å². The summed E-state index contributed by atoms with van der Waals surface area (Å²) in [6, 6.07) is 2.66. The third-order valence-corrected chi connectivity index (χ3v) is 3.61. The first kappa shape index (κ1) is 17.4. The smallest absolute Gasteiger partial charge is 0.124 e. The Bertz CT molecular complexity index is 483. The van der Waals surface area contributed by atoms with Crippen LogP contribution in [0, 0.1) is 13.8 Å². The molecule has 0 amide bonds. The molecule has 0 saturated heterocycles. The summed E-state index contributed by atoms with van der Waals surface area (Å²) >= 11 is 0.649. The predicted molar refractivity (Wildman–Crippen MR) is 63.3 cm³/mol. The van der Waals surface area contributed by atoms with E-state index in [1.54, 1.807) is 6.92 Å². The van der Waals surface area contributed by atoms with Gasteiger partial charge in [0.05, 0.1) is 16.9 Å². The van der Waals surface area contributed by atoms with Crippen LogP contribution in [-0.4, -0.2) is 13.0 Å². The fraction of sp³-hybridized carbons (Fsp3) is 0.400. The molecule has 6 nitrogen and oxygen atoms in total. The first-order chi connectivity index (χ1) is 8.36. The van der Waals surface area contributed by atoms with Gasteiger partial charge in [-0.05, 0) is 37.1 Å². The van der Waals surface area contributed by atoms with Gasteiger partial charge in [0.15, 0.2) is 0 Å². The first-order valence-electron chi connectivity index (χ1n) is 5.06. The fourth-order valence-corrected chi connectivity index (χ4v) is 2.46. The zero-order valence-corrected chi connectivity index (χ0v) is 12.1. The highest BCUT2D eigenvalue weighted by molar-refractivity contribution is 7.94. The van der Waals surface area contributed by atoms with Crippen molar-refractivity contribution < 1.29 is 27.6 Å². The monoisotopic (exact) mass is 294 g/mol. The molecule has 0 aliphatic rings. The average molecular weight is 294 g/mol. The molecule has 0 N–H and O–H groups in total. The topological polar surface area (TPSA) is 98.7 Å². The average Bonchev–Trinajstić information content (AvgIpc) is 2.31. The Morgan fingerprint density at radius 2 is 1.72 bits per heavy atom. The van der Waals surface area contributed by atoms with Crippen LogP contribution in [0.3, 0.4) is 0 Å². The molecule has 0 spiro atoms. The summed E-state index contributed by atoms with van der Waals surface area (Å²) in [7, 11) is -4.49. The van der Waals surface area contributed by atoms with Crippen LogP contribution < -0.4 is 5.26 Å². The standard InChI is InChI=1S/C8H10O6S2.C2H6/c1-5-4-8(16(10,11)12)6(2)3-7(5)15-14-13-9;1-2/h3-4,9H,1-2H3,(H,10,11,12);1-2H3/p-2. The van der Waals surface area contributed by atoms with E-state index in [-0.39, 0.29) is 10.5 Å². The van der Waals surface area contributed by atoms with Gasteiger partial charge in [-0.25, -0.2) is 8.42 Å². The van der Waals surface area contributed by atoms with Crippen LogP contribution in [0.5, 0.6) is 0 Å². The lowest BCUT2D eigenvalue weighted by Crippen LogP contribution is -2.04. The van der Waals surface area contributed by atoms with Crippen molar-refractivity contribution >= 4 is 22.2 Å². The van der Waals surface area contributed by atoms with Crippen LogP contribution in [-0.2, 0) is 19.5 Å². The Hall–Kier alpha value is -0.640. The van der Waals surface area contributed by atoms with E-state index in [1.165, 1.54) is 19.1 Å². The van der Waals surface area contributed by atoms with Gasteiger partial charge >= 0.3 is 0 Å². The summed E-state index contributed by atoms with van der Waals surface area (Å²) < 4.78 is 36.7. The molecule has 0 radical (unpaired) electrons. The molecule has 8 heteroatoms. The lowest BCUT2D eigenvalue weighted by molar-refractivity contribution is -0.777. The summed E-state index contributed by atoms with van der Waals surface area (Å²) in [6.07, 6.45) is 0. The van der Waals surface area contributed by atoms with Crippen LogP contribution in [0.15, 0.2) is 21.9 Å². The minimum Gasteiger partial charge on any atom is -0.744 e. The molecule has 104 valence electrons. The van der Waals surface area contributed by atoms with E-state index < -0.39 is 10.1 Å². The summed E-state index contributed by atoms with van der Waals surface area (Å²) in [6.45, 7) is 7.07. The number of hydrogen-bond donors (Lipinski definition) is 0. The molecule has 0 atom stereocenters. The van der Waals surface area contributed by atoms with Crippen molar-refractivity contribution in [3.63, 3.8) is 0 Å². The van der Waals surface area contributed by atoms with Crippen molar-refractivity contribution in [2.24, 2.45) is 0 Å². The fourth-order valence-electron chi connectivity index (χ4n) is 1.17. The molecule has 0 fully saturated rings. The molecule has 0 heterocycles. The second kappa shape index (κ2) is 7.72. The second-order valence-corrected chi connectivity index (χ2v) is 5.15. The van der Waals surface area contributed by atoms with Crippen molar-refractivity contribution in [1.29, 1.82) is 0 Å². The third-order valence-electron chi connectivity index (χ3n) is 1.89. The Labute approximate surface area is 111 Å². The highest BCUT2D eigenvalue weighted by Gasteiger charge is 2.10. The summed E-state index contributed by atoms with van der Waals surface area (Å²) in [5.74, 6) is 0. The molecule has 0 aliphatic heterocycles. The van der Waals surface area contributed by atoms with Crippen LogP contribution in [0.2, 0.25) is 0 Å². The van der Waals surface area contributed by atoms with E-state index >= 15 is 0 Å². The maximum absolute atomic E-state index is 10.9. The largest absolute Gasteiger partial charge is 0.744 e. The molecule has 0 unspecified atom stereocenters. The molecule has 0 saturated carbocycles. The quantitative estimate of drug-likeness (QED) is 0.359. The molecule has 1 rings (SSSR count). The maximum atomic E-state index is 10.9. The highest BCUT2D eigenvalue weighted by atomic mass is 32.2. The SMILES string of the molecule is CC.Cc1cc(S(=O)(=O)[O-])c(C)cc1SOO[O-]. The Balaban J connectivity index is 0.00000137. The number of benzene rings is 1. The van der Waals surface area contributed by atoms with Crippen molar-refractivity contribution in [3.8, 4) is 0 Å².